The maximum absolute atomic E-state index is 2.49. The van der Waals surface area contributed by atoms with Gasteiger partial charge in [-0.3, -0.25) is 0 Å². The molecule has 4 aromatic carbocycles. The van der Waals surface area contributed by atoms with Crippen LogP contribution in [-0.4, -0.2) is 4.57 Å². The fourth-order valence-corrected chi connectivity index (χ4v) is 4.76. The molecule has 30 heavy (non-hydrogen) atoms. The van der Waals surface area contributed by atoms with Crippen molar-refractivity contribution < 1.29 is 0 Å². The van der Waals surface area contributed by atoms with E-state index in [2.05, 4.69) is 122 Å². The number of aryl methyl sites for hydroxylation is 3. The molecule has 5 rings (SSSR count). The lowest BCUT2D eigenvalue weighted by molar-refractivity contribution is 1.05. The zero-order chi connectivity index (χ0) is 20.7. The number of aromatic nitrogens is 1. The van der Waals surface area contributed by atoms with Crippen LogP contribution >= 0.6 is 0 Å². The van der Waals surface area contributed by atoms with E-state index in [9.17, 15) is 0 Å². The maximum Gasteiger partial charge on any atom is 0.0613 e. The average molecular weight is 388 g/mol. The number of rotatable bonds is 3. The van der Waals surface area contributed by atoms with Gasteiger partial charge < -0.3 is 4.57 Å². The predicted molar refractivity (Wildman–Crippen MR) is 128 cm³/mol. The van der Waals surface area contributed by atoms with Crippen LogP contribution in [0, 0.1) is 20.8 Å². The van der Waals surface area contributed by atoms with E-state index in [1.807, 2.05) is 0 Å². The smallest absolute Gasteiger partial charge is 0.0613 e. The van der Waals surface area contributed by atoms with Crippen molar-refractivity contribution in [1.29, 1.82) is 0 Å². The third-order valence-corrected chi connectivity index (χ3v) is 5.84. The summed E-state index contributed by atoms with van der Waals surface area (Å²) in [6, 6.07) is 34.9. The highest BCUT2D eigenvalue weighted by atomic mass is 15.0. The second-order valence-electron chi connectivity index (χ2n) is 8.06. The monoisotopic (exact) mass is 387 g/mol. The number of hydrogen-bond donors (Lipinski definition) is 0. The van der Waals surface area contributed by atoms with E-state index in [0.717, 1.165) is 0 Å². The second-order valence-corrected chi connectivity index (χ2v) is 8.06. The number of fused-ring (bicyclic) bond motifs is 1. The fourth-order valence-electron chi connectivity index (χ4n) is 4.76. The van der Waals surface area contributed by atoms with E-state index in [-0.39, 0.29) is 0 Å². The third-order valence-electron chi connectivity index (χ3n) is 5.84. The molecule has 0 spiro atoms. The van der Waals surface area contributed by atoms with Gasteiger partial charge in [0.15, 0.2) is 0 Å². The molecule has 0 bridgehead atoms. The van der Waals surface area contributed by atoms with Crippen molar-refractivity contribution in [1.82, 2.24) is 4.57 Å². The summed E-state index contributed by atoms with van der Waals surface area (Å²) in [5, 5.41) is 2.56. The molecule has 0 saturated heterocycles. The SMILES string of the molecule is Cc1cc(C)c(-n2c(-c3ccccc3)c3ccccc3c2-c2ccccc2)c(C)c1. The van der Waals surface area contributed by atoms with Gasteiger partial charge >= 0.3 is 0 Å². The molecule has 0 amide bonds. The van der Waals surface area contributed by atoms with Crippen molar-refractivity contribution in [2.75, 3.05) is 0 Å². The van der Waals surface area contributed by atoms with Gasteiger partial charge in [-0.2, -0.15) is 0 Å². The van der Waals surface area contributed by atoms with Crippen LogP contribution < -0.4 is 0 Å². The summed E-state index contributed by atoms with van der Waals surface area (Å²) in [6.45, 7) is 6.62. The fraction of sp³-hybridized carbons (Fsp3) is 0.103. The highest BCUT2D eigenvalue weighted by molar-refractivity contribution is 6.06. The Morgan fingerprint density at radius 3 is 1.33 bits per heavy atom. The van der Waals surface area contributed by atoms with Gasteiger partial charge in [0.2, 0.25) is 0 Å². The van der Waals surface area contributed by atoms with Crippen LogP contribution in [0.15, 0.2) is 97.1 Å². The average Bonchev–Trinajstić information content (AvgIpc) is 3.09. The van der Waals surface area contributed by atoms with E-state index < -0.39 is 0 Å². The van der Waals surface area contributed by atoms with Crippen LogP contribution in [0.3, 0.4) is 0 Å². The van der Waals surface area contributed by atoms with Gasteiger partial charge in [-0.25, -0.2) is 0 Å². The van der Waals surface area contributed by atoms with Crippen LogP contribution in [0.2, 0.25) is 0 Å². The molecule has 0 unspecified atom stereocenters. The Labute approximate surface area is 178 Å². The molecule has 0 saturated carbocycles. The van der Waals surface area contributed by atoms with Crippen molar-refractivity contribution in [3.63, 3.8) is 0 Å². The van der Waals surface area contributed by atoms with Gasteiger partial charge in [-0.15, -0.1) is 0 Å². The number of benzene rings is 4. The van der Waals surface area contributed by atoms with Gasteiger partial charge in [0.05, 0.1) is 17.1 Å². The predicted octanol–water partition coefficient (Wildman–Crippen LogP) is 7.89. The van der Waals surface area contributed by atoms with Gasteiger partial charge in [-0.05, 0) is 43.0 Å². The van der Waals surface area contributed by atoms with E-state index in [0.29, 0.717) is 0 Å². The van der Waals surface area contributed by atoms with Crippen molar-refractivity contribution in [3.8, 4) is 28.2 Å². The zero-order valence-electron chi connectivity index (χ0n) is 17.7. The summed E-state index contributed by atoms with van der Waals surface area (Å²) in [5.74, 6) is 0. The minimum atomic E-state index is 1.23. The molecule has 0 atom stereocenters. The zero-order valence-corrected chi connectivity index (χ0v) is 17.7. The van der Waals surface area contributed by atoms with Gasteiger partial charge in [-0.1, -0.05) is 103 Å². The van der Waals surface area contributed by atoms with Crippen molar-refractivity contribution >= 4 is 10.8 Å². The lowest BCUT2D eigenvalue weighted by Gasteiger charge is -2.20. The van der Waals surface area contributed by atoms with Crippen molar-refractivity contribution in [2.45, 2.75) is 20.8 Å². The van der Waals surface area contributed by atoms with Crippen LogP contribution in [-0.2, 0) is 0 Å². The molecule has 1 heteroatoms. The Bertz CT molecular complexity index is 1240. The van der Waals surface area contributed by atoms with E-state index in [1.54, 1.807) is 0 Å². The number of nitrogens with zero attached hydrogens (tertiary/aromatic N) is 1. The first-order chi connectivity index (χ1) is 14.6. The first-order valence-corrected chi connectivity index (χ1v) is 10.5. The Morgan fingerprint density at radius 2 is 0.900 bits per heavy atom. The normalized spacial score (nSPS) is 11.2. The molecule has 1 heterocycles. The van der Waals surface area contributed by atoms with Crippen molar-refractivity contribution in [2.24, 2.45) is 0 Å². The molecule has 0 radical (unpaired) electrons. The largest absolute Gasteiger partial charge is 0.307 e. The third kappa shape index (κ3) is 2.95. The Hall–Kier alpha value is -3.58. The molecule has 0 aliphatic heterocycles. The van der Waals surface area contributed by atoms with Crippen LogP contribution in [0.5, 0.6) is 0 Å². The molecule has 1 aromatic heterocycles. The minimum absolute atomic E-state index is 1.23. The standard InChI is InChI=1S/C29H25N/c1-20-18-21(2)27(22(3)19-20)30-28(23-12-6-4-7-13-23)25-16-10-11-17-26(25)29(30)24-14-8-5-9-15-24/h4-19H,1-3H3. The maximum atomic E-state index is 2.49. The summed E-state index contributed by atoms with van der Waals surface area (Å²) in [4.78, 5) is 0. The van der Waals surface area contributed by atoms with Gasteiger partial charge in [0.1, 0.15) is 0 Å². The van der Waals surface area contributed by atoms with Gasteiger partial charge in [0, 0.05) is 10.8 Å². The van der Waals surface area contributed by atoms with E-state index in [4.69, 9.17) is 0 Å². The first kappa shape index (κ1) is 18.4. The molecular formula is C29H25N. The molecule has 146 valence electrons. The van der Waals surface area contributed by atoms with E-state index in [1.165, 1.54) is 55.7 Å². The summed E-state index contributed by atoms with van der Waals surface area (Å²) < 4.78 is 2.49. The molecule has 1 nitrogen and oxygen atoms in total. The molecule has 0 fully saturated rings. The molecule has 0 aliphatic rings. The summed E-state index contributed by atoms with van der Waals surface area (Å²) >= 11 is 0. The molecule has 0 aliphatic carbocycles. The Kier molecular flexibility index (Phi) is 4.52. The summed E-state index contributed by atoms with van der Waals surface area (Å²) in [5.41, 5.74) is 10.1. The Morgan fingerprint density at radius 1 is 0.500 bits per heavy atom. The van der Waals surface area contributed by atoms with E-state index >= 15 is 0 Å². The lowest BCUT2D eigenvalue weighted by atomic mass is 10.0. The molecule has 5 aromatic rings. The quantitative estimate of drug-likeness (QED) is 0.296. The summed E-state index contributed by atoms with van der Waals surface area (Å²) in [7, 11) is 0. The van der Waals surface area contributed by atoms with Crippen molar-refractivity contribution in [3.05, 3.63) is 114 Å². The van der Waals surface area contributed by atoms with Crippen LogP contribution in [0.25, 0.3) is 39.0 Å². The highest BCUT2D eigenvalue weighted by Crippen LogP contribution is 2.42. The summed E-state index contributed by atoms with van der Waals surface area (Å²) in [6.07, 6.45) is 0. The van der Waals surface area contributed by atoms with Crippen LogP contribution in [0.1, 0.15) is 16.7 Å². The molecular weight excluding hydrogens is 362 g/mol. The second kappa shape index (κ2) is 7.35. The first-order valence-electron chi connectivity index (χ1n) is 10.5. The molecule has 0 N–H and O–H groups in total. The number of hydrogen-bond acceptors (Lipinski definition) is 0. The van der Waals surface area contributed by atoms with Crippen LogP contribution in [0.4, 0.5) is 0 Å². The highest BCUT2D eigenvalue weighted by Gasteiger charge is 2.22. The minimum Gasteiger partial charge on any atom is -0.307 e. The topological polar surface area (TPSA) is 4.93 Å². The Balaban J connectivity index is 2.01. The lowest BCUT2D eigenvalue weighted by Crippen LogP contribution is -2.05. The van der Waals surface area contributed by atoms with Gasteiger partial charge in [0.25, 0.3) is 0 Å².